The molecule has 6 heteroatoms. The summed E-state index contributed by atoms with van der Waals surface area (Å²) in [5.74, 6) is 1.00. The highest BCUT2D eigenvalue weighted by molar-refractivity contribution is 5.95. The first-order valence-corrected chi connectivity index (χ1v) is 8.26. The maximum Gasteiger partial charge on any atom is 0.159 e. The van der Waals surface area contributed by atoms with E-state index in [2.05, 4.69) is 26.7 Å². The number of anilines is 5. The van der Waals surface area contributed by atoms with Crippen LogP contribution in [-0.2, 0) is 0 Å². The van der Waals surface area contributed by atoms with Crippen LogP contribution in [0.3, 0.4) is 0 Å². The summed E-state index contributed by atoms with van der Waals surface area (Å²) >= 11 is 0. The SMILES string of the molecule is CC(=O)c1cccc(Nc2ncnc(Nc3cc(C)cc(C)c3)c2N)c1. The van der Waals surface area contributed by atoms with Gasteiger partial charge in [0, 0.05) is 16.9 Å². The van der Waals surface area contributed by atoms with E-state index in [0.717, 1.165) is 22.5 Å². The molecule has 0 radical (unpaired) electrons. The number of aryl methyl sites for hydroxylation is 2. The van der Waals surface area contributed by atoms with E-state index in [4.69, 9.17) is 5.73 Å². The van der Waals surface area contributed by atoms with Gasteiger partial charge in [-0.25, -0.2) is 9.97 Å². The van der Waals surface area contributed by atoms with Gasteiger partial charge in [0.25, 0.3) is 0 Å². The van der Waals surface area contributed by atoms with Gasteiger partial charge in [-0.05, 0) is 56.2 Å². The Morgan fingerprint density at radius 2 is 1.54 bits per heavy atom. The van der Waals surface area contributed by atoms with Crippen LogP contribution in [0.2, 0.25) is 0 Å². The summed E-state index contributed by atoms with van der Waals surface area (Å²) < 4.78 is 0. The Morgan fingerprint density at radius 3 is 2.15 bits per heavy atom. The highest BCUT2D eigenvalue weighted by atomic mass is 16.1. The summed E-state index contributed by atoms with van der Waals surface area (Å²) in [7, 11) is 0. The van der Waals surface area contributed by atoms with Gasteiger partial charge >= 0.3 is 0 Å². The van der Waals surface area contributed by atoms with Crippen LogP contribution in [0.4, 0.5) is 28.7 Å². The topological polar surface area (TPSA) is 92.9 Å². The van der Waals surface area contributed by atoms with E-state index in [1.807, 2.05) is 38.1 Å². The lowest BCUT2D eigenvalue weighted by Crippen LogP contribution is -2.05. The lowest BCUT2D eigenvalue weighted by molar-refractivity contribution is 0.101. The maximum absolute atomic E-state index is 11.5. The molecule has 0 saturated carbocycles. The molecule has 0 spiro atoms. The fourth-order valence-electron chi connectivity index (χ4n) is 2.73. The van der Waals surface area contributed by atoms with E-state index >= 15 is 0 Å². The van der Waals surface area contributed by atoms with Gasteiger partial charge in [0.15, 0.2) is 17.4 Å². The molecule has 2 aromatic carbocycles. The molecular formula is C20H21N5O. The van der Waals surface area contributed by atoms with Crippen LogP contribution < -0.4 is 16.4 Å². The molecule has 0 aliphatic rings. The Balaban J connectivity index is 1.87. The third-order valence-corrected chi connectivity index (χ3v) is 3.90. The van der Waals surface area contributed by atoms with Crippen LogP contribution in [0.1, 0.15) is 28.4 Å². The van der Waals surface area contributed by atoms with Crippen molar-refractivity contribution < 1.29 is 4.79 Å². The summed E-state index contributed by atoms with van der Waals surface area (Å²) in [5.41, 5.74) is 11.2. The number of aromatic nitrogens is 2. The number of hydrogen-bond acceptors (Lipinski definition) is 6. The predicted molar refractivity (Wildman–Crippen MR) is 105 cm³/mol. The van der Waals surface area contributed by atoms with Crippen LogP contribution in [0, 0.1) is 13.8 Å². The number of carbonyl (C=O) groups excluding carboxylic acids is 1. The molecule has 132 valence electrons. The second-order valence-corrected chi connectivity index (χ2v) is 6.25. The van der Waals surface area contributed by atoms with Crippen molar-refractivity contribution in [2.45, 2.75) is 20.8 Å². The van der Waals surface area contributed by atoms with Crippen LogP contribution in [-0.4, -0.2) is 15.8 Å². The Hall–Kier alpha value is -3.41. The lowest BCUT2D eigenvalue weighted by Gasteiger charge is -2.13. The smallest absolute Gasteiger partial charge is 0.159 e. The minimum Gasteiger partial charge on any atom is -0.393 e. The summed E-state index contributed by atoms with van der Waals surface area (Å²) in [6, 6.07) is 13.3. The number of nitrogens with one attached hydrogen (secondary N) is 2. The van der Waals surface area contributed by atoms with E-state index in [1.54, 1.807) is 12.1 Å². The van der Waals surface area contributed by atoms with Gasteiger partial charge in [0.2, 0.25) is 0 Å². The highest BCUT2D eigenvalue weighted by Gasteiger charge is 2.10. The van der Waals surface area contributed by atoms with Crippen molar-refractivity contribution >= 4 is 34.5 Å². The van der Waals surface area contributed by atoms with Crippen LogP contribution in [0.25, 0.3) is 0 Å². The number of hydrogen-bond donors (Lipinski definition) is 3. The average Bonchev–Trinajstić information content (AvgIpc) is 2.58. The molecule has 6 nitrogen and oxygen atoms in total. The van der Waals surface area contributed by atoms with E-state index in [0.29, 0.717) is 22.9 Å². The van der Waals surface area contributed by atoms with Gasteiger partial charge < -0.3 is 16.4 Å². The molecule has 4 N–H and O–H groups in total. The zero-order chi connectivity index (χ0) is 18.7. The molecule has 1 heterocycles. The van der Waals surface area contributed by atoms with Crippen molar-refractivity contribution in [2.24, 2.45) is 0 Å². The Kier molecular flexibility index (Phi) is 4.84. The normalized spacial score (nSPS) is 10.4. The quantitative estimate of drug-likeness (QED) is 0.594. The standard InChI is InChI=1S/C20H21N5O/c1-12-7-13(2)9-17(8-12)25-20-18(21)19(22-11-23-20)24-16-6-4-5-15(10-16)14(3)26/h4-11H,21H2,1-3H3,(H2,22,23,24,25). The number of nitrogen functional groups attached to an aromatic ring is 1. The molecule has 0 bridgehead atoms. The molecule has 3 aromatic rings. The Morgan fingerprint density at radius 1 is 0.923 bits per heavy atom. The molecule has 0 fully saturated rings. The second-order valence-electron chi connectivity index (χ2n) is 6.25. The van der Waals surface area contributed by atoms with Gasteiger partial charge in [0.05, 0.1) is 0 Å². The number of carbonyl (C=O) groups is 1. The fraction of sp³-hybridized carbons (Fsp3) is 0.150. The van der Waals surface area contributed by atoms with E-state index in [1.165, 1.54) is 13.3 Å². The van der Waals surface area contributed by atoms with E-state index < -0.39 is 0 Å². The molecule has 1 aromatic heterocycles. The third kappa shape index (κ3) is 3.97. The number of benzene rings is 2. The molecule has 0 amide bonds. The molecule has 0 atom stereocenters. The predicted octanol–water partition coefficient (Wildman–Crippen LogP) is 4.37. The zero-order valence-electron chi connectivity index (χ0n) is 15.0. The number of ketones is 1. The van der Waals surface area contributed by atoms with Crippen LogP contribution >= 0.6 is 0 Å². The number of nitrogens with zero attached hydrogens (tertiary/aromatic N) is 2. The first kappa shape index (κ1) is 17.4. The van der Waals surface area contributed by atoms with Gasteiger partial charge in [-0.1, -0.05) is 18.2 Å². The Labute approximate surface area is 152 Å². The summed E-state index contributed by atoms with van der Waals surface area (Å²) in [4.78, 5) is 20.0. The molecule has 0 aliphatic heterocycles. The molecule has 0 saturated heterocycles. The van der Waals surface area contributed by atoms with Crippen molar-refractivity contribution in [3.63, 3.8) is 0 Å². The van der Waals surface area contributed by atoms with Crippen molar-refractivity contribution in [1.82, 2.24) is 9.97 Å². The maximum atomic E-state index is 11.5. The molecule has 0 unspecified atom stereocenters. The summed E-state index contributed by atoms with van der Waals surface area (Å²) in [6.45, 7) is 5.61. The Bertz CT molecular complexity index is 948. The minimum atomic E-state index is 0.00137. The summed E-state index contributed by atoms with van der Waals surface area (Å²) in [5, 5.41) is 6.39. The monoisotopic (exact) mass is 347 g/mol. The first-order chi connectivity index (χ1) is 12.4. The molecule has 3 rings (SSSR count). The van der Waals surface area contributed by atoms with E-state index in [-0.39, 0.29) is 5.78 Å². The number of Topliss-reactive ketones (excluding diaryl/α,β-unsaturated/α-hetero) is 1. The number of nitrogens with two attached hydrogens (primary N) is 1. The highest BCUT2D eigenvalue weighted by Crippen LogP contribution is 2.29. The lowest BCUT2D eigenvalue weighted by atomic mass is 10.1. The van der Waals surface area contributed by atoms with Crippen molar-refractivity contribution in [2.75, 3.05) is 16.4 Å². The van der Waals surface area contributed by atoms with Gasteiger partial charge in [-0.15, -0.1) is 0 Å². The average molecular weight is 347 g/mol. The molecule has 0 aliphatic carbocycles. The van der Waals surface area contributed by atoms with Crippen molar-refractivity contribution in [3.05, 3.63) is 65.5 Å². The van der Waals surface area contributed by atoms with Gasteiger partial charge in [-0.3, -0.25) is 4.79 Å². The van der Waals surface area contributed by atoms with Crippen molar-refractivity contribution in [1.29, 1.82) is 0 Å². The van der Waals surface area contributed by atoms with Crippen molar-refractivity contribution in [3.8, 4) is 0 Å². The largest absolute Gasteiger partial charge is 0.393 e. The van der Waals surface area contributed by atoms with Crippen LogP contribution in [0.5, 0.6) is 0 Å². The number of rotatable bonds is 5. The van der Waals surface area contributed by atoms with Crippen LogP contribution in [0.15, 0.2) is 48.8 Å². The fourth-order valence-corrected chi connectivity index (χ4v) is 2.73. The molecule has 26 heavy (non-hydrogen) atoms. The van der Waals surface area contributed by atoms with Gasteiger partial charge in [0.1, 0.15) is 12.0 Å². The third-order valence-electron chi connectivity index (χ3n) is 3.90. The van der Waals surface area contributed by atoms with E-state index in [9.17, 15) is 4.79 Å². The second kappa shape index (κ2) is 7.23. The minimum absolute atomic E-state index is 0.00137. The zero-order valence-corrected chi connectivity index (χ0v) is 15.0. The first-order valence-electron chi connectivity index (χ1n) is 8.26. The van der Waals surface area contributed by atoms with Gasteiger partial charge in [-0.2, -0.15) is 0 Å². The summed E-state index contributed by atoms with van der Waals surface area (Å²) in [6.07, 6.45) is 1.44. The molecular weight excluding hydrogens is 326 g/mol.